The number of carbonyl (C=O) groups is 8. The molecule has 0 radical (unpaired) electrons. The van der Waals surface area contributed by atoms with Gasteiger partial charge in [0, 0.05) is 48.5 Å². The van der Waals surface area contributed by atoms with Gasteiger partial charge in [-0.3, -0.25) is 33.6 Å². The molecule has 2 aliphatic heterocycles. The lowest BCUT2D eigenvalue weighted by atomic mass is 9.96. The van der Waals surface area contributed by atoms with Crippen LogP contribution >= 0.6 is 0 Å². The van der Waals surface area contributed by atoms with E-state index in [-0.39, 0.29) is 0 Å². The highest BCUT2D eigenvalue weighted by Gasteiger charge is 2.57. The summed E-state index contributed by atoms with van der Waals surface area (Å²) in [5.74, 6) is -6.04. The molecular weight excluding hydrogens is 640 g/mol. The van der Waals surface area contributed by atoms with E-state index in [1.807, 2.05) is 0 Å². The lowest BCUT2D eigenvalue weighted by Crippen LogP contribution is -2.67. The fourth-order valence-electron chi connectivity index (χ4n) is 4.74. The first-order chi connectivity index (χ1) is 22.0. The van der Waals surface area contributed by atoms with Gasteiger partial charge in [0.1, 0.15) is 44.4 Å². The van der Waals surface area contributed by atoms with Crippen LogP contribution in [0.4, 0.5) is 0 Å². The van der Waals surface area contributed by atoms with Crippen LogP contribution in [0.25, 0.3) is 0 Å². The first-order valence-corrected chi connectivity index (χ1v) is 14.2. The van der Waals surface area contributed by atoms with Gasteiger partial charge in [0.15, 0.2) is 43.1 Å². The van der Waals surface area contributed by atoms with Gasteiger partial charge in [-0.15, -0.1) is 0 Å². The van der Waals surface area contributed by atoms with Crippen molar-refractivity contribution >= 4 is 48.1 Å². The van der Waals surface area contributed by atoms with Crippen molar-refractivity contribution in [2.75, 3.05) is 19.8 Å². The minimum Gasteiger partial charge on any atom is -0.463 e. The number of hydrogen-bond acceptors (Lipinski definition) is 19. The van der Waals surface area contributed by atoms with E-state index >= 15 is 0 Å². The number of rotatable bonds is 14. The van der Waals surface area contributed by atoms with Crippen molar-refractivity contribution in [3.05, 3.63) is 0 Å². The highest BCUT2D eigenvalue weighted by atomic mass is 16.8. The van der Waals surface area contributed by atoms with Gasteiger partial charge in [-0.25, -0.2) is 0 Å². The lowest BCUT2D eigenvalue weighted by Gasteiger charge is -2.48. The van der Waals surface area contributed by atoms with Gasteiger partial charge in [-0.1, -0.05) is 0 Å². The average Bonchev–Trinajstić information content (AvgIpc) is 2.94. The van der Waals surface area contributed by atoms with E-state index in [0.29, 0.717) is 6.29 Å². The van der Waals surface area contributed by atoms with Crippen LogP contribution < -0.4 is 0 Å². The van der Waals surface area contributed by atoms with E-state index in [1.165, 1.54) is 0 Å². The molecule has 2 rings (SSSR count). The molecule has 0 saturated carbocycles. The Hall–Kier alpha value is -4.20. The fraction of sp³-hybridized carbons (Fsp3) is 0.714. The smallest absolute Gasteiger partial charge is 0.303 e. The molecule has 47 heavy (non-hydrogen) atoms. The average molecular weight is 679 g/mol. The Morgan fingerprint density at radius 2 is 0.851 bits per heavy atom. The Labute approximate surface area is 268 Å². The summed E-state index contributed by atoms with van der Waals surface area (Å²) in [4.78, 5) is 95.5. The highest BCUT2D eigenvalue weighted by molar-refractivity contribution is 5.69. The molecule has 0 aromatic rings. The second-order valence-corrected chi connectivity index (χ2v) is 10.2. The van der Waals surface area contributed by atoms with Crippen molar-refractivity contribution < 1.29 is 90.5 Å². The van der Waals surface area contributed by atoms with Crippen molar-refractivity contribution in [3.63, 3.8) is 0 Å². The van der Waals surface area contributed by atoms with Gasteiger partial charge < -0.3 is 56.9 Å². The maximum atomic E-state index is 12.3. The van der Waals surface area contributed by atoms with E-state index in [1.54, 1.807) is 0 Å². The number of hydrogen-bond donors (Lipinski definition) is 0. The Morgan fingerprint density at radius 1 is 0.489 bits per heavy atom. The molecule has 0 aromatic carbocycles. The summed E-state index contributed by atoms with van der Waals surface area (Å²) in [6, 6.07) is 0. The molecule has 19 heteroatoms. The van der Waals surface area contributed by atoms with E-state index in [0.717, 1.165) is 48.5 Å². The van der Waals surface area contributed by atoms with Crippen molar-refractivity contribution in [2.45, 2.75) is 110 Å². The van der Waals surface area contributed by atoms with Crippen LogP contribution in [-0.2, 0) is 90.5 Å². The van der Waals surface area contributed by atoms with E-state index in [4.69, 9.17) is 52.1 Å². The third-order valence-electron chi connectivity index (χ3n) is 6.21. The minimum atomic E-state index is -1.81. The molecule has 0 amide bonds. The first kappa shape index (κ1) is 39.0. The summed E-state index contributed by atoms with van der Waals surface area (Å²) in [5.41, 5.74) is 0. The minimum absolute atomic E-state index is 0.371. The first-order valence-electron chi connectivity index (χ1n) is 14.2. The Bertz CT molecular complexity index is 1170. The third kappa shape index (κ3) is 12.2. The van der Waals surface area contributed by atoms with Crippen molar-refractivity contribution in [3.8, 4) is 0 Å². The van der Waals surface area contributed by atoms with Crippen LogP contribution in [0.1, 0.15) is 48.5 Å². The Balaban J connectivity index is 2.72. The van der Waals surface area contributed by atoms with Crippen LogP contribution in [0.2, 0.25) is 0 Å². The highest BCUT2D eigenvalue weighted by Crippen LogP contribution is 2.35. The predicted octanol–water partition coefficient (Wildman–Crippen LogP) is -1.18. The lowest BCUT2D eigenvalue weighted by molar-refractivity contribution is -0.360. The summed E-state index contributed by atoms with van der Waals surface area (Å²) in [6.07, 6.45) is -15.5. The van der Waals surface area contributed by atoms with Gasteiger partial charge >= 0.3 is 41.8 Å². The fourth-order valence-corrected chi connectivity index (χ4v) is 4.74. The van der Waals surface area contributed by atoms with E-state index in [9.17, 15) is 38.4 Å². The summed E-state index contributed by atoms with van der Waals surface area (Å²) < 4.78 is 60.6. The molecule has 0 N–H and O–H groups in total. The maximum Gasteiger partial charge on any atom is 0.303 e. The normalized spacial score (nSPS) is 30.1. The van der Waals surface area contributed by atoms with Gasteiger partial charge in [0.2, 0.25) is 0 Å². The molecule has 0 spiro atoms. The van der Waals surface area contributed by atoms with Gasteiger partial charge in [-0.2, -0.15) is 0 Å². The molecule has 0 bridgehead atoms. The van der Waals surface area contributed by atoms with Crippen LogP contribution in [-0.4, -0.2) is 129 Å². The van der Waals surface area contributed by atoms with Crippen LogP contribution in [0.15, 0.2) is 0 Å². The number of carbonyl (C=O) groups excluding carboxylic acids is 8. The second kappa shape index (κ2) is 18.2. The maximum absolute atomic E-state index is 12.3. The van der Waals surface area contributed by atoms with Crippen LogP contribution in [0.5, 0.6) is 0 Å². The van der Waals surface area contributed by atoms with E-state index in [2.05, 4.69) is 0 Å². The molecule has 2 fully saturated rings. The molecule has 264 valence electrons. The molecule has 0 aliphatic carbocycles. The summed E-state index contributed by atoms with van der Waals surface area (Å²) in [7, 11) is 0. The quantitative estimate of drug-likeness (QED) is 0.119. The third-order valence-corrected chi connectivity index (χ3v) is 6.21. The summed E-state index contributed by atoms with van der Waals surface area (Å²) in [6.45, 7) is 5.57. The molecule has 0 aromatic heterocycles. The van der Waals surface area contributed by atoms with Gasteiger partial charge in [0.05, 0.1) is 0 Å². The predicted molar refractivity (Wildman–Crippen MR) is 145 cm³/mol. The molecule has 2 saturated heterocycles. The summed E-state index contributed by atoms with van der Waals surface area (Å²) in [5, 5.41) is 0. The van der Waals surface area contributed by atoms with Crippen LogP contribution in [0, 0.1) is 0 Å². The largest absolute Gasteiger partial charge is 0.463 e. The zero-order valence-corrected chi connectivity index (χ0v) is 26.7. The van der Waals surface area contributed by atoms with E-state index < -0.39 is 123 Å². The Kier molecular flexibility index (Phi) is 15.1. The van der Waals surface area contributed by atoms with Gasteiger partial charge in [0.25, 0.3) is 0 Å². The number of aldehydes is 1. The Morgan fingerprint density at radius 3 is 1.28 bits per heavy atom. The standard InChI is InChI=1S/C28H38O19/c1-12(30)38-10-19-21(40-14(3)32)23(41-15(4)33)26(44-18(7)36)28(46-19)47-22-20(11-39-13(2)31)45-27(37-9-8-29)25(43-17(6)35)24(22)42-16(5)34/h8,19-28H,9-11H2,1-7H3/t19?,20?,21-,22?,23?,24?,25-,26-,27?,28-/m1/s1. The molecule has 2 heterocycles. The van der Waals surface area contributed by atoms with Crippen molar-refractivity contribution in [1.82, 2.24) is 0 Å². The van der Waals surface area contributed by atoms with Crippen LogP contribution in [0.3, 0.4) is 0 Å². The summed E-state index contributed by atoms with van der Waals surface area (Å²) >= 11 is 0. The molecule has 2 aliphatic rings. The van der Waals surface area contributed by atoms with Gasteiger partial charge in [-0.05, 0) is 0 Å². The second-order valence-electron chi connectivity index (χ2n) is 10.2. The molecule has 10 atom stereocenters. The number of ether oxygens (including phenoxy) is 11. The zero-order chi connectivity index (χ0) is 35.4. The number of esters is 7. The zero-order valence-electron chi connectivity index (χ0n) is 26.7. The topological polar surface area (TPSA) is 238 Å². The van der Waals surface area contributed by atoms with Crippen molar-refractivity contribution in [2.24, 2.45) is 0 Å². The molecular formula is C28H38O19. The molecule has 6 unspecified atom stereocenters. The SMILES string of the molecule is CC(=O)OCC1OC(OCC=O)[C@H](OC(C)=O)C(OC(C)=O)C1O[C@H]1OC(COC(C)=O)[C@@H](OC(C)=O)C(OC(C)=O)[C@H]1OC(C)=O. The monoisotopic (exact) mass is 678 g/mol. The molecule has 19 nitrogen and oxygen atoms in total. The van der Waals surface area contributed by atoms with Crippen molar-refractivity contribution in [1.29, 1.82) is 0 Å².